The zero-order valence-corrected chi connectivity index (χ0v) is 51.1. The van der Waals surface area contributed by atoms with Crippen molar-refractivity contribution in [3.63, 3.8) is 0 Å². The Hall–Kier alpha value is -7.64. The van der Waals surface area contributed by atoms with Crippen molar-refractivity contribution < 1.29 is 53.2 Å². The summed E-state index contributed by atoms with van der Waals surface area (Å²) in [5, 5.41) is 44.3. The summed E-state index contributed by atoms with van der Waals surface area (Å²) >= 11 is 7.24. The summed E-state index contributed by atoms with van der Waals surface area (Å²) in [6.07, 6.45) is -1.01. The van der Waals surface area contributed by atoms with Crippen molar-refractivity contribution in [3.05, 3.63) is 111 Å². The van der Waals surface area contributed by atoms with Crippen LogP contribution >= 0.6 is 68.0 Å². The molecule has 7 aromatic heterocycles. The number of rotatable bonds is 11. The number of methoxy groups -OCH3 is 1. The number of pyridine rings is 1. The van der Waals surface area contributed by atoms with E-state index in [1.807, 2.05) is 13.8 Å². The maximum absolute atomic E-state index is 14.4. The number of benzene rings is 1. The Morgan fingerprint density at radius 2 is 1.44 bits per heavy atom. The summed E-state index contributed by atoms with van der Waals surface area (Å²) in [5.41, 5.74) is 2.80. The Labute approximate surface area is 510 Å². The lowest BCUT2D eigenvalue weighted by molar-refractivity contribution is -0.143. The second-order valence-electron chi connectivity index (χ2n) is 20.3. The molecule has 8 aromatic rings. The molecule has 8 heterocycles. The fraction of sp³-hybridized carbons (Fsp3) is 0.357. The number of hydrogen-bond donors (Lipinski definition) is 7. The zero-order chi connectivity index (χ0) is 60.1. The van der Waals surface area contributed by atoms with Crippen molar-refractivity contribution in [1.82, 2.24) is 56.2 Å². The highest BCUT2D eigenvalue weighted by Gasteiger charge is 2.34. The van der Waals surface area contributed by atoms with Gasteiger partial charge in [0.1, 0.15) is 83.3 Å². The number of nitrogens with zero attached hydrogens (tertiary/aromatic N) is 7. The second-order valence-corrected chi connectivity index (χ2v) is 26.1. The van der Waals surface area contributed by atoms with Crippen molar-refractivity contribution in [2.45, 2.75) is 96.1 Å². The van der Waals surface area contributed by atoms with Gasteiger partial charge in [0.15, 0.2) is 5.78 Å². The third-order valence-corrected chi connectivity index (χ3v) is 19.9. The molecule has 1 saturated carbocycles. The highest BCUT2D eigenvalue weighted by molar-refractivity contribution is 7.15. The van der Waals surface area contributed by atoms with Crippen molar-refractivity contribution in [3.8, 4) is 43.4 Å². The molecule has 10 rings (SSSR count). The second kappa shape index (κ2) is 26.7. The Morgan fingerprint density at radius 3 is 2.18 bits per heavy atom. The van der Waals surface area contributed by atoms with Crippen LogP contribution in [-0.2, 0) is 30.5 Å². The number of Topliss-reactive ketones (excluding diaryl/α,β-unsaturated/α-hetero) is 1. The normalized spacial score (nSPS) is 19.1. The van der Waals surface area contributed by atoms with E-state index in [1.54, 1.807) is 70.9 Å². The predicted molar refractivity (Wildman–Crippen MR) is 322 cm³/mol. The minimum absolute atomic E-state index is 0.0257. The molecule has 23 nitrogen and oxygen atoms in total. The van der Waals surface area contributed by atoms with Gasteiger partial charge >= 0.3 is 12.1 Å². The predicted octanol–water partition coefficient (Wildman–Crippen LogP) is 9.39. The van der Waals surface area contributed by atoms with E-state index in [0.717, 1.165) is 0 Å². The number of hydrogen-bond acceptors (Lipinski definition) is 23. The standard InChI is InChI=1S/C56H56N12O11S6/c1-25(2)31-17-37(69)42-26(3)84-53(67-42)33(18-40(70)57-4)60-47(73)35-22-80-49(62-35)30-15-16-32(51-64-39(24-83-51)65-56(77)79-29-13-11-28(12-14-29)55(75)76)59-43(30)34-21-81-52(61-34)36-23-82-54(63-36)45(46(72)27-9-7-6-8-10-27)66-41(71)19-58-48(74)44-38(20-78-5)85-50(31)68-44/h6-10,15-16,21-25,28-29,31,33,45-46,72H,11-14,17-20H2,1-5H3,(H,57,70)(H,58,74)(H,60,73)(H,65,77)(H,66,71)(H,75,76)/t28?,29?,31-,33-,45-,46-/m0/s1. The number of nitrogens with one attached hydrogen (secondary N) is 5. The third-order valence-electron chi connectivity index (χ3n) is 14.1. The molecular formula is C56H56N12O11S6. The van der Waals surface area contributed by atoms with Crippen LogP contribution in [0.25, 0.3) is 43.4 Å². The quantitative estimate of drug-likeness (QED) is 0.0634. The first-order valence-electron chi connectivity index (χ1n) is 26.8. The molecule has 442 valence electrons. The molecule has 29 heteroatoms. The summed E-state index contributed by atoms with van der Waals surface area (Å²) in [6, 6.07) is 10.2. The molecule has 10 bridgehead atoms. The number of ketones is 1. The molecule has 1 aliphatic carbocycles. The van der Waals surface area contributed by atoms with Gasteiger partial charge in [0.25, 0.3) is 11.8 Å². The largest absolute Gasteiger partial charge is 0.481 e. The molecule has 5 amide bonds. The van der Waals surface area contributed by atoms with Gasteiger partial charge in [-0.2, -0.15) is 0 Å². The number of aliphatic hydroxyl groups excluding tert-OH is 1. The van der Waals surface area contributed by atoms with Crippen molar-refractivity contribution in [1.29, 1.82) is 0 Å². The summed E-state index contributed by atoms with van der Waals surface area (Å²) in [7, 11) is 2.96. The van der Waals surface area contributed by atoms with E-state index >= 15 is 0 Å². The molecule has 2 aliphatic rings. The van der Waals surface area contributed by atoms with Crippen LogP contribution in [0.1, 0.15) is 138 Å². The van der Waals surface area contributed by atoms with E-state index in [2.05, 4.69) is 31.6 Å². The van der Waals surface area contributed by atoms with E-state index in [1.165, 1.54) is 82.2 Å². The van der Waals surface area contributed by atoms with Crippen LogP contribution in [0.3, 0.4) is 0 Å². The van der Waals surface area contributed by atoms with Gasteiger partial charge in [0, 0.05) is 58.5 Å². The first-order chi connectivity index (χ1) is 40.9. The van der Waals surface area contributed by atoms with Gasteiger partial charge in [0.05, 0.1) is 47.1 Å². The Kier molecular flexibility index (Phi) is 19.0. The molecule has 85 heavy (non-hydrogen) atoms. The number of aliphatic carboxylic acids is 1. The number of carboxylic acid groups (broad SMARTS) is 1. The van der Waals surface area contributed by atoms with Crippen molar-refractivity contribution >= 4 is 115 Å². The lowest BCUT2D eigenvalue weighted by Crippen LogP contribution is -2.40. The van der Waals surface area contributed by atoms with Crippen LogP contribution in [0, 0.1) is 18.8 Å². The monoisotopic (exact) mass is 1260 g/mol. The number of aromatic nitrogens is 7. The molecule has 0 radical (unpaired) electrons. The number of thiazole rings is 6. The minimum atomic E-state index is -1.28. The van der Waals surface area contributed by atoms with Crippen LogP contribution in [0.5, 0.6) is 0 Å². The van der Waals surface area contributed by atoms with Gasteiger partial charge in [-0.25, -0.2) is 39.7 Å². The van der Waals surface area contributed by atoms with E-state index in [4.69, 9.17) is 39.4 Å². The Balaban J connectivity index is 1.02. The highest BCUT2D eigenvalue weighted by atomic mass is 32.1. The number of aryl methyl sites for hydroxylation is 1. The Bertz CT molecular complexity index is 3790. The number of carboxylic acids is 1. The molecule has 1 aliphatic heterocycles. The maximum atomic E-state index is 14.4. The number of amides is 5. The average molecular weight is 1270 g/mol. The number of ether oxygens (including phenoxy) is 2. The number of fused-ring (bicyclic) bond motifs is 14. The van der Waals surface area contributed by atoms with Gasteiger partial charge in [0.2, 0.25) is 11.8 Å². The SMILES string of the molecule is CNC(=O)C[C@@H]1NC(=O)c2csc(n2)-c2ccc(-c3nc(NC(=O)OC4CCC(C(=O)O)CC4)cs3)nc2-c2csc(n2)-c2csc(n2)[C@H]([C@@H](O)c2ccccc2)NC(=O)CNC(=O)c2nc(sc2COC)[C@H](C(C)C)CC(=O)c2nc1sc2C. The van der Waals surface area contributed by atoms with E-state index < -0.39 is 72.5 Å². The minimum Gasteiger partial charge on any atom is -0.481 e. The van der Waals surface area contributed by atoms with Crippen LogP contribution in [0.15, 0.2) is 64.0 Å². The van der Waals surface area contributed by atoms with E-state index in [0.29, 0.717) is 99.4 Å². The van der Waals surface area contributed by atoms with Gasteiger partial charge in [-0.15, -0.1) is 68.0 Å². The van der Waals surface area contributed by atoms with Gasteiger partial charge < -0.3 is 41.0 Å². The summed E-state index contributed by atoms with van der Waals surface area (Å²) in [6.45, 7) is 5.15. The lowest BCUT2D eigenvalue weighted by Gasteiger charge is -2.25. The first-order valence-corrected chi connectivity index (χ1v) is 31.9. The number of carbonyl (C=O) groups is 7. The van der Waals surface area contributed by atoms with Crippen molar-refractivity contribution in [2.24, 2.45) is 11.8 Å². The lowest BCUT2D eigenvalue weighted by atomic mass is 9.87. The summed E-state index contributed by atoms with van der Waals surface area (Å²) < 4.78 is 11.1. The number of carbonyl (C=O) groups excluding carboxylic acids is 6. The molecule has 1 fully saturated rings. The first kappa shape index (κ1) is 60.5. The van der Waals surface area contributed by atoms with Crippen LogP contribution < -0.4 is 26.6 Å². The fourth-order valence-corrected chi connectivity index (χ4v) is 15.2. The summed E-state index contributed by atoms with van der Waals surface area (Å²) in [5.74, 6) is -4.32. The summed E-state index contributed by atoms with van der Waals surface area (Å²) in [4.78, 5) is 129. The molecule has 4 atom stereocenters. The molecule has 1 aromatic carbocycles. The van der Waals surface area contributed by atoms with E-state index in [-0.39, 0.29) is 60.0 Å². The van der Waals surface area contributed by atoms with Crippen LogP contribution in [0.2, 0.25) is 0 Å². The smallest absolute Gasteiger partial charge is 0.413 e. The number of anilines is 1. The van der Waals surface area contributed by atoms with Crippen LogP contribution in [0.4, 0.5) is 10.6 Å². The third kappa shape index (κ3) is 14.0. The topological polar surface area (TPSA) is 329 Å². The number of aliphatic hydroxyl groups is 1. The maximum Gasteiger partial charge on any atom is 0.413 e. The molecule has 0 saturated heterocycles. The average Bonchev–Trinajstić information content (AvgIpc) is 4.56. The van der Waals surface area contributed by atoms with E-state index in [9.17, 15) is 43.8 Å². The highest BCUT2D eigenvalue weighted by Crippen LogP contribution is 2.41. The molecule has 0 spiro atoms. The van der Waals surface area contributed by atoms with Gasteiger partial charge in [-0.05, 0) is 56.2 Å². The van der Waals surface area contributed by atoms with Gasteiger partial charge in [-0.1, -0.05) is 44.2 Å². The Morgan fingerprint density at radius 1 is 0.729 bits per heavy atom. The fourth-order valence-electron chi connectivity index (χ4n) is 9.61. The zero-order valence-electron chi connectivity index (χ0n) is 46.2. The van der Waals surface area contributed by atoms with Crippen molar-refractivity contribution in [2.75, 3.05) is 26.0 Å². The van der Waals surface area contributed by atoms with Crippen LogP contribution in [-0.4, -0.2) is 113 Å². The molecule has 0 unspecified atom stereocenters. The molecule has 7 N–H and O–H groups in total. The molecular weight excluding hydrogens is 1210 g/mol. The van der Waals surface area contributed by atoms with Gasteiger partial charge in [-0.3, -0.25) is 34.1 Å².